The van der Waals surface area contributed by atoms with Crippen molar-refractivity contribution < 1.29 is 9.59 Å². The summed E-state index contributed by atoms with van der Waals surface area (Å²) in [6.07, 6.45) is 3.23. The van der Waals surface area contributed by atoms with Crippen molar-refractivity contribution in [2.45, 2.75) is 63.1 Å². The Labute approximate surface area is 175 Å². The van der Waals surface area contributed by atoms with Crippen molar-refractivity contribution in [3.8, 4) is 0 Å². The Balaban J connectivity index is 1.46. The van der Waals surface area contributed by atoms with Gasteiger partial charge in [-0.15, -0.1) is 10.2 Å². The van der Waals surface area contributed by atoms with Gasteiger partial charge in [0.2, 0.25) is 11.8 Å². The molecule has 2 aromatic rings. The number of hydrogen-bond donors (Lipinski definition) is 2. The van der Waals surface area contributed by atoms with Crippen molar-refractivity contribution in [1.82, 2.24) is 20.1 Å². The highest BCUT2D eigenvalue weighted by Crippen LogP contribution is 2.40. The van der Waals surface area contributed by atoms with Gasteiger partial charge < -0.3 is 15.6 Å². The summed E-state index contributed by atoms with van der Waals surface area (Å²) in [5, 5.41) is 12.1. The molecule has 8 heteroatoms. The number of benzene rings is 1. The maximum Gasteiger partial charge on any atom is 0.230 e. The third-order valence-corrected chi connectivity index (χ3v) is 5.95. The van der Waals surface area contributed by atoms with E-state index in [0.717, 1.165) is 25.1 Å². The molecule has 156 valence electrons. The molecule has 1 saturated carbocycles. The topological polar surface area (TPSA) is 103 Å². The first-order valence-corrected chi connectivity index (χ1v) is 11.1. The number of nitrogens with one attached hydrogen (secondary N) is 1. The molecule has 2 amide bonds. The van der Waals surface area contributed by atoms with E-state index in [1.165, 1.54) is 22.9 Å². The number of nitrogens with zero attached hydrogens (tertiary/aromatic N) is 3. The van der Waals surface area contributed by atoms with Crippen LogP contribution in [-0.4, -0.2) is 38.9 Å². The van der Waals surface area contributed by atoms with Crippen LogP contribution in [0.3, 0.4) is 0 Å². The van der Waals surface area contributed by atoms with E-state index in [1.807, 2.05) is 4.57 Å². The first-order valence-electron chi connectivity index (χ1n) is 10.1. The monoisotopic (exact) mass is 415 g/mol. The van der Waals surface area contributed by atoms with Gasteiger partial charge in [-0.2, -0.15) is 0 Å². The van der Waals surface area contributed by atoms with E-state index >= 15 is 0 Å². The predicted molar refractivity (Wildman–Crippen MR) is 114 cm³/mol. The fraction of sp³-hybridized carbons (Fsp3) is 0.524. The van der Waals surface area contributed by atoms with E-state index in [-0.39, 0.29) is 24.0 Å². The highest BCUT2D eigenvalue weighted by molar-refractivity contribution is 7.99. The SMILES string of the molecule is CC(C)c1ccc(CCNC(=O)CSc2nnc(C3CC3)n2CCC(N)=O)cc1. The normalized spacial score (nSPS) is 13.6. The maximum absolute atomic E-state index is 12.2. The molecule has 0 bridgehead atoms. The average molecular weight is 416 g/mol. The van der Waals surface area contributed by atoms with Crippen molar-refractivity contribution >= 4 is 23.6 Å². The largest absolute Gasteiger partial charge is 0.370 e. The number of primary amides is 1. The zero-order valence-corrected chi connectivity index (χ0v) is 17.9. The second kappa shape index (κ2) is 9.91. The van der Waals surface area contributed by atoms with E-state index in [1.54, 1.807) is 0 Å². The lowest BCUT2D eigenvalue weighted by Gasteiger charge is -2.09. The molecular formula is C21H29N5O2S. The van der Waals surface area contributed by atoms with Crippen molar-refractivity contribution in [2.75, 3.05) is 12.3 Å². The standard InChI is InChI=1S/C21H29N5O2S/c1-14(2)16-5-3-15(4-6-16)9-11-23-19(28)13-29-21-25-24-20(17-7-8-17)26(21)12-10-18(22)27/h3-6,14,17H,7-13H2,1-2H3,(H2,22,27)(H,23,28). The third-order valence-electron chi connectivity index (χ3n) is 4.98. The summed E-state index contributed by atoms with van der Waals surface area (Å²) >= 11 is 1.35. The molecule has 0 saturated heterocycles. The van der Waals surface area contributed by atoms with Crippen molar-refractivity contribution in [3.05, 3.63) is 41.2 Å². The van der Waals surface area contributed by atoms with Crippen molar-refractivity contribution in [3.63, 3.8) is 0 Å². The van der Waals surface area contributed by atoms with Gasteiger partial charge in [-0.05, 0) is 36.3 Å². The first kappa shape index (κ1) is 21.4. The van der Waals surface area contributed by atoms with Gasteiger partial charge in [0.05, 0.1) is 5.75 Å². The van der Waals surface area contributed by atoms with E-state index in [9.17, 15) is 9.59 Å². The Hall–Kier alpha value is -2.35. The molecule has 7 nitrogen and oxygen atoms in total. The molecule has 29 heavy (non-hydrogen) atoms. The molecule has 0 radical (unpaired) electrons. The molecule has 1 aromatic heterocycles. The van der Waals surface area contributed by atoms with Crippen molar-refractivity contribution in [2.24, 2.45) is 5.73 Å². The number of aromatic nitrogens is 3. The van der Waals surface area contributed by atoms with Crippen LogP contribution in [0.5, 0.6) is 0 Å². The summed E-state index contributed by atoms with van der Waals surface area (Å²) in [7, 11) is 0. The number of carbonyl (C=O) groups excluding carboxylic acids is 2. The van der Waals surface area contributed by atoms with Gasteiger partial charge in [-0.3, -0.25) is 9.59 Å². The van der Waals surface area contributed by atoms with Gasteiger partial charge in [0, 0.05) is 25.4 Å². The first-order chi connectivity index (χ1) is 13.9. The quantitative estimate of drug-likeness (QED) is 0.549. The summed E-state index contributed by atoms with van der Waals surface area (Å²) in [6.45, 7) is 5.41. The number of thioether (sulfide) groups is 1. The summed E-state index contributed by atoms with van der Waals surface area (Å²) in [6, 6.07) is 8.54. The molecule has 0 aliphatic heterocycles. The zero-order valence-electron chi connectivity index (χ0n) is 17.1. The predicted octanol–water partition coefficient (Wildman–Crippen LogP) is 2.61. The molecule has 0 atom stereocenters. The summed E-state index contributed by atoms with van der Waals surface area (Å²) < 4.78 is 1.94. The number of nitrogens with two attached hydrogens (primary N) is 1. The van der Waals surface area contributed by atoms with Crippen LogP contribution in [0.1, 0.15) is 61.9 Å². The third kappa shape index (κ3) is 6.32. The number of hydrogen-bond acceptors (Lipinski definition) is 5. The van der Waals surface area contributed by atoms with E-state index in [4.69, 9.17) is 5.73 Å². The molecule has 1 aromatic carbocycles. The minimum Gasteiger partial charge on any atom is -0.370 e. The zero-order chi connectivity index (χ0) is 20.8. The minimum absolute atomic E-state index is 0.0359. The maximum atomic E-state index is 12.2. The van der Waals surface area contributed by atoms with E-state index < -0.39 is 0 Å². The smallest absolute Gasteiger partial charge is 0.230 e. The van der Waals surface area contributed by atoms with Crippen LogP contribution in [0.2, 0.25) is 0 Å². The molecule has 1 fully saturated rings. The fourth-order valence-corrected chi connectivity index (χ4v) is 3.88. The van der Waals surface area contributed by atoms with Crippen LogP contribution in [0.15, 0.2) is 29.4 Å². The van der Waals surface area contributed by atoms with E-state index in [0.29, 0.717) is 30.1 Å². The molecule has 0 unspecified atom stereocenters. The number of carbonyl (C=O) groups is 2. The Morgan fingerprint density at radius 3 is 2.59 bits per heavy atom. The van der Waals surface area contributed by atoms with Crippen LogP contribution in [0.4, 0.5) is 0 Å². The highest BCUT2D eigenvalue weighted by Gasteiger charge is 2.30. The Morgan fingerprint density at radius 2 is 1.97 bits per heavy atom. The molecule has 3 rings (SSSR count). The Kier molecular flexibility index (Phi) is 7.30. The average Bonchev–Trinajstić information content (AvgIpc) is 3.45. The van der Waals surface area contributed by atoms with Crippen LogP contribution in [0.25, 0.3) is 0 Å². The van der Waals surface area contributed by atoms with Gasteiger partial charge >= 0.3 is 0 Å². The summed E-state index contributed by atoms with van der Waals surface area (Å²) in [5.41, 5.74) is 7.82. The van der Waals surface area contributed by atoms with E-state index in [2.05, 4.69) is 53.6 Å². The van der Waals surface area contributed by atoms with Gasteiger partial charge in [0.1, 0.15) is 5.82 Å². The lowest BCUT2D eigenvalue weighted by molar-refractivity contribution is -0.119. The Bertz CT molecular complexity index is 843. The van der Waals surface area contributed by atoms with Gasteiger partial charge in [0.25, 0.3) is 0 Å². The van der Waals surface area contributed by atoms with Gasteiger partial charge in [-0.25, -0.2) is 0 Å². The van der Waals surface area contributed by atoms with Crippen molar-refractivity contribution in [1.29, 1.82) is 0 Å². The molecular weight excluding hydrogens is 386 g/mol. The molecule has 0 spiro atoms. The number of amides is 2. The lowest BCUT2D eigenvalue weighted by Crippen LogP contribution is -2.27. The van der Waals surface area contributed by atoms with Gasteiger partial charge in [0.15, 0.2) is 5.16 Å². The highest BCUT2D eigenvalue weighted by atomic mass is 32.2. The lowest BCUT2D eigenvalue weighted by atomic mass is 10.0. The second-order valence-electron chi connectivity index (χ2n) is 7.77. The molecule has 1 heterocycles. The molecule has 1 aliphatic rings. The summed E-state index contributed by atoms with van der Waals surface area (Å²) in [4.78, 5) is 23.4. The second-order valence-corrected chi connectivity index (χ2v) is 8.71. The molecule has 3 N–H and O–H groups in total. The molecule has 1 aliphatic carbocycles. The van der Waals surface area contributed by atoms with Crippen LogP contribution in [0, 0.1) is 0 Å². The fourth-order valence-electron chi connectivity index (χ4n) is 3.08. The van der Waals surface area contributed by atoms with Gasteiger partial charge in [-0.1, -0.05) is 49.9 Å². The number of rotatable bonds is 11. The Morgan fingerprint density at radius 1 is 1.24 bits per heavy atom. The van der Waals surface area contributed by atoms with Crippen LogP contribution < -0.4 is 11.1 Å². The van der Waals surface area contributed by atoms with Crippen LogP contribution in [-0.2, 0) is 22.6 Å². The summed E-state index contributed by atoms with van der Waals surface area (Å²) in [5.74, 6) is 1.72. The minimum atomic E-state index is -0.351. The van der Waals surface area contributed by atoms with Crippen LogP contribution >= 0.6 is 11.8 Å².